The van der Waals surface area contributed by atoms with Crippen LogP contribution in [0.3, 0.4) is 0 Å². The molecule has 1 atom stereocenters. The van der Waals surface area contributed by atoms with Crippen LogP contribution in [-0.2, 0) is 20.9 Å². The van der Waals surface area contributed by atoms with Gasteiger partial charge >= 0.3 is 0 Å². The SMILES string of the molecule is NC(=O)CNC(=O)CC1C(=O)NCCN1Cc1cccc2ccccc12. The van der Waals surface area contributed by atoms with Gasteiger partial charge in [-0.3, -0.25) is 19.3 Å². The normalized spacial score (nSPS) is 17.7. The zero-order chi connectivity index (χ0) is 18.5. The van der Waals surface area contributed by atoms with Crippen molar-refractivity contribution >= 4 is 28.5 Å². The first-order chi connectivity index (χ1) is 12.5. The minimum absolute atomic E-state index is 0.0100. The largest absolute Gasteiger partial charge is 0.368 e. The van der Waals surface area contributed by atoms with E-state index in [9.17, 15) is 14.4 Å². The molecular weight excluding hydrogens is 332 g/mol. The first kappa shape index (κ1) is 17.9. The van der Waals surface area contributed by atoms with Gasteiger partial charge in [0.05, 0.1) is 19.0 Å². The highest BCUT2D eigenvalue weighted by Crippen LogP contribution is 2.22. The number of nitrogens with two attached hydrogens (primary N) is 1. The summed E-state index contributed by atoms with van der Waals surface area (Å²) >= 11 is 0. The zero-order valence-corrected chi connectivity index (χ0v) is 14.4. The molecule has 3 rings (SSSR count). The van der Waals surface area contributed by atoms with Crippen LogP contribution >= 0.6 is 0 Å². The van der Waals surface area contributed by atoms with E-state index in [1.165, 1.54) is 0 Å². The van der Waals surface area contributed by atoms with Crippen LogP contribution in [0.4, 0.5) is 0 Å². The molecule has 2 aromatic rings. The number of primary amides is 1. The molecule has 1 aliphatic rings. The summed E-state index contributed by atoms with van der Waals surface area (Å²) in [6, 6.07) is 13.6. The number of amides is 3. The molecule has 1 aliphatic heterocycles. The highest BCUT2D eigenvalue weighted by molar-refractivity contribution is 5.90. The van der Waals surface area contributed by atoms with Crippen LogP contribution in [0.25, 0.3) is 10.8 Å². The molecule has 0 saturated carbocycles. The molecule has 4 N–H and O–H groups in total. The fourth-order valence-corrected chi connectivity index (χ4v) is 3.26. The fourth-order valence-electron chi connectivity index (χ4n) is 3.26. The second kappa shape index (κ2) is 7.97. The molecule has 0 bridgehead atoms. The third kappa shape index (κ3) is 4.18. The molecule has 0 radical (unpaired) electrons. The molecule has 0 aromatic heterocycles. The third-order valence-corrected chi connectivity index (χ3v) is 4.53. The van der Waals surface area contributed by atoms with Gasteiger partial charge in [0, 0.05) is 19.6 Å². The van der Waals surface area contributed by atoms with Gasteiger partial charge in [0.2, 0.25) is 17.7 Å². The molecule has 136 valence electrons. The standard InChI is InChI=1S/C19H22N4O3/c20-17(24)11-22-18(25)10-16-19(26)21-8-9-23(16)12-14-6-3-5-13-4-1-2-7-15(13)14/h1-7,16H,8-12H2,(H2,20,24)(H,21,26)(H,22,25). The molecule has 7 nitrogen and oxygen atoms in total. The van der Waals surface area contributed by atoms with Gasteiger partial charge in [0.15, 0.2) is 0 Å². The lowest BCUT2D eigenvalue weighted by molar-refractivity contribution is -0.134. The lowest BCUT2D eigenvalue weighted by atomic mass is 10.0. The number of carbonyl (C=O) groups is 3. The van der Waals surface area contributed by atoms with Crippen LogP contribution in [0.2, 0.25) is 0 Å². The molecule has 1 unspecified atom stereocenters. The Balaban J connectivity index is 1.76. The number of piperazine rings is 1. The van der Waals surface area contributed by atoms with Crippen molar-refractivity contribution in [2.45, 2.75) is 19.0 Å². The number of hydrogen-bond acceptors (Lipinski definition) is 4. The van der Waals surface area contributed by atoms with Crippen LogP contribution in [0.1, 0.15) is 12.0 Å². The van der Waals surface area contributed by atoms with Gasteiger partial charge in [-0.2, -0.15) is 0 Å². The second-order valence-electron chi connectivity index (χ2n) is 6.36. The predicted octanol–water partition coefficient (Wildman–Crippen LogP) is 0.132. The minimum Gasteiger partial charge on any atom is -0.368 e. The predicted molar refractivity (Wildman–Crippen MR) is 98.0 cm³/mol. The average molecular weight is 354 g/mol. The Morgan fingerprint density at radius 3 is 2.77 bits per heavy atom. The summed E-state index contributed by atoms with van der Waals surface area (Å²) in [6.07, 6.45) is -0.0100. The fraction of sp³-hybridized carbons (Fsp3) is 0.316. The van der Waals surface area contributed by atoms with Crippen LogP contribution in [0.5, 0.6) is 0 Å². The number of carbonyl (C=O) groups excluding carboxylic acids is 3. The van der Waals surface area contributed by atoms with Crippen molar-refractivity contribution in [1.82, 2.24) is 15.5 Å². The first-order valence-electron chi connectivity index (χ1n) is 8.58. The maximum absolute atomic E-state index is 12.3. The Kier molecular flexibility index (Phi) is 5.48. The van der Waals surface area contributed by atoms with Crippen molar-refractivity contribution in [2.75, 3.05) is 19.6 Å². The lowest BCUT2D eigenvalue weighted by Gasteiger charge is -2.35. The summed E-state index contributed by atoms with van der Waals surface area (Å²) in [6.45, 7) is 1.55. The van der Waals surface area contributed by atoms with Gasteiger partial charge in [0.25, 0.3) is 0 Å². The van der Waals surface area contributed by atoms with E-state index in [0.717, 1.165) is 16.3 Å². The number of nitrogens with zero attached hydrogens (tertiary/aromatic N) is 1. The van der Waals surface area contributed by atoms with Gasteiger partial charge in [-0.25, -0.2) is 0 Å². The van der Waals surface area contributed by atoms with E-state index in [-0.39, 0.29) is 24.8 Å². The van der Waals surface area contributed by atoms with Crippen LogP contribution in [0, 0.1) is 0 Å². The Bertz CT molecular complexity index is 831. The van der Waals surface area contributed by atoms with E-state index in [4.69, 9.17) is 5.73 Å². The molecule has 7 heteroatoms. The van der Waals surface area contributed by atoms with Gasteiger partial charge < -0.3 is 16.4 Å². The maximum Gasteiger partial charge on any atom is 0.237 e. The first-order valence-corrected chi connectivity index (χ1v) is 8.58. The summed E-state index contributed by atoms with van der Waals surface area (Å²) in [4.78, 5) is 37.2. The number of hydrogen-bond donors (Lipinski definition) is 3. The summed E-state index contributed by atoms with van der Waals surface area (Å²) < 4.78 is 0. The quantitative estimate of drug-likeness (QED) is 0.686. The summed E-state index contributed by atoms with van der Waals surface area (Å²) in [7, 11) is 0. The molecule has 1 saturated heterocycles. The zero-order valence-electron chi connectivity index (χ0n) is 14.4. The van der Waals surface area contributed by atoms with Crippen molar-refractivity contribution in [3.8, 4) is 0 Å². The van der Waals surface area contributed by atoms with E-state index >= 15 is 0 Å². The Morgan fingerprint density at radius 2 is 1.96 bits per heavy atom. The molecule has 1 heterocycles. The Hall–Kier alpha value is -2.93. The van der Waals surface area contributed by atoms with Crippen LogP contribution in [-0.4, -0.2) is 48.3 Å². The van der Waals surface area contributed by atoms with Crippen molar-refractivity contribution in [3.63, 3.8) is 0 Å². The van der Waals surface area contributed by atoms with Crippen molar-refractivity contribution in [2.24, 2.45) is 5.73 Å². The monoisotopic (exact) mass is 354 g/mol. The number of nitrogens with one attached hydrogen (secondary N) is 2. The van der Waals surface area contributed by atoms with Crippen LogP contribution in [0.15, 0.2) is 42.5 Å². The highest BCUT2D eigenvalue weighted by Gasteiger charge is 2.31. The average Bonchev–Trinajstić information content (AvgIpc) is 2.63. The summed E-state index contributed by atoms with van der Waals surface area (Å²) in [5, 5.41) is 7.52. The Labute approximate surface area is 151 Å². The molecule has 3 amide bonds. The molecule has 1 fully saturated rings. The lowest BCUT2D eigenvalue weighted by Crippen LogP contribution is -2.56. The molecular formula is C19H22N4O3. The van der Waals surface area contributed by atoms with E-state index in [1.54, 1.807) is 0 Å². The van der Waals surface area contributed by atoms with Crippen LogP contribution < -0.4 is 16.4 Å². The van der Waals surface area contributed by atoms with E-state index in [2.05, 4.69) is 28.8 Å². The second-order valence-corrected chi connectivity index (χ2v) is 6.36. The van der Waals surface area contributed by atoms with E-state index in [1.807, 2.05) is 29.2 Å². The topological polar surface area (TPSA) is 105 Å². The third-order valence-electron chi connectivity index (χ3n) is 4.53. The van der Waals surface area contributed by atoms with Gasteiger partial charge in [-0.1, -0.05) is 42.5 Å². The number of rotatable bonds is 6. The Morgan fingerprint density at radius 1 is 1.19 bits per heavy atom. The maximum atomic E-state index is 12.3. The van der Waals surface area contributed by atoms with E-state index < -0.39 is 11.9 Å². The number of fused-ring (bicyclic) bond motifs is 1. The molecule has 2 aromatic carbocycles. The van der Waals surface area contributed by atoms with Gasteiger partial charge in [-0.05, 0) is 16.3 Å². The summed E-state index contributed by atoms with van der Waals surface area (Å²) in [5.41, 5.74) is 6.15. The van der Waals surface area contributed by atoms with Crippen molar-refractivity contribution in [1.29, 1.82) is 0 Å². The summed E-state index contributed by atoms with van der Waals surface area (Å²) in [5.74, 6) is -1.15. The number of benzene rings is 2. The minimum atomic E-state index is -0.612. The van der Waals surface area contributed by atoms with E-state index in [0.29, 0.717) is 19.6 Å². The molecule has 0 spiro atoms. The van der Waals surface area contributed by atoms with Gasteiger partial charge in [0.1, 0.15) is 0 Å². The highest BCUT2D eigenvalue weighted by atomic mass is 16.2. The smallest absolute Gasteiger partial charge is 0.237 e. The van der Waals surface area contributed by atoms with Crippen molar-refractivity contribution in [3.05, 3.63) is 48.0 Å². The molecule has 0 aliphatic carbocycles. The van der Waals surface area contributed by atoms with Gasteiger partial charge in [-0.15, -0.1) is 0 Å². The van der Waals surface area contributed by atoms with Crippen molar-refractivity contribution < 1.29 is 14.4 Å². The molecule has 26 heavy (non-hydrogen) atoms.